The maximum Gasteiger partial charge on any atom is 0.131 e. The highest BCUT2D eigenvalue weighted by Crippen LogP contribution is 2.17. The first kappa shape index (κ1) is 11.1. The quantitative estimate of drug-likeness (QED) is 0.858. The van der Waals surface area contributed by atoms with Gasteiger partial charge in [-0.05, 0) is 52.3 Å². The van der Waals surface area contributed by atoms with Gasteiger partial charge in [-0.2, -0.15) is 0 Å². The maximum absolute atomic E-state index is 12.6. The van der Waals surface area contributed by atoms with Crippen LogP contribution < -0.4 is 4.74 Å². The van der Waals surface area contributed by atoms with Crippen molar-refractivity contribution in [2.24, 2.45) is 0 Å². The number of rotatable bonds is 3. The van der Waals surface area contributed by atoms with Gasteiger partial charge >= 0.3 is 0 Å². The summed E-state index contributed by atoms with van der Waals surface area (Å²) in [5, 5.41) is 0. The molecule has 0 amide bonds. The van der Waals surface area contributed by atoms with Crippen LogP contribution in [0.25, 0.3) is 0 Å². The number of aromatic nitrogens is 1. The molecule has 82 valence electrons. The Hall–Kier alpha value is -1.42. The lowest BCUT2D eigenvalue weighted by atomic mass is 10.3. The Balaban J connectivity index is 2.02. The van der Waals surface area contributed by atoms with E-state index in [0.29, 0.717) is 12.4 Å². The summed E-state index contributed by atoms with van der Waals surface area (Å²) in [6, 6.07) is 9.64. The highest BCUT2D eigenvalue weighted by Gasteiger charge is 2.01. The third-order valence-corrected chi connectivity index (χ3v) is 2.75. The molecule has 0 bridgehead atoms. The normalized spacial score (nSPS) is 10.1. The fourth-order valence-electron chi connectivity index (χ4n) is 1.21. The van der Waals surface area contributed by atoms with Crippen molar-refractivity contribution in [2.45, 2.75) is 6.61 Å². The zero-order valence-corrected chi connectivity index (χ0v) is 9.95. The Morgan fingerprint density at radius 3 is 2.62 bits per heavy atom. The first-order chi connectivity index (χ1) is 7.75. The molecule has 1 aromatic carbocycles. The molecular weight excluding hydrogens is 273 g/mol. The van der Waals surface area contributed by atoms with Crippen LogP contribution in [-0.2, 0) is 6.61 Å². The average molecular weight is 282 g/mol. The summed E-state index contributed by atoms with van der Waals surface area (Å²) >= 11 is 3.38. The summed E-state index contributed by atoms with van der Waals surface area (Å²) in [5.74, 6) is 0.352. The average Bonchev–Trinajstić information content (AvgIpc) is 2.30. The number of hydrogen-bond acceptors (Lipinski definition) is 2. The molecular formula is C12H9BrFNO. The smallest absolute Gasteiger partial charge is 0.131 e. The molecule has 0 spiro atoms. The molecule has 0 atom stereocenters. The van der Waals surface area contributed by atoms with E-state index in [9.17, 15) is 4.39 Å². The van der Waals surface area contributed by atoms with E-state index >= 15 is 0 Å². The summed E-state index contributed by atoms with van der Waals surface area (Å²) < 4.78 is 19.0. The number of hydrogen-bond donors (Lipinski definition) is 0. The molecule has 0 saturated carbocycles. The lowest BCUT2D eigenvalue weighted by Gasteiger charge is -2.06. The summed E-state index contributed by atoms with van der Waals surface area (Å²) in [6.07, 6.45) is 1.70. The third-order valence-electron chi connectivity index (χ3n) is 2.02. The van der Waals surface area contributed by atoms with Gasteiger partial charge in [-0.25, -0.2) is 4.39 Å². The molecule has 0 unspecified atom stereocenters. The van der Waals surface area contributed by atoms with Gasteiger partial charge in [0.2, 0.25) is 0 Å². The molecule has 0 N–H and O–H groups in total. The van der Waals surface area contributed by atoms with Crippen LogP contribution in [0.4, 0.5) is 4.39 Å². The summed E-state index contributed by atoms with van der Waals surface area (Å²) in [7, 11) is 0. The van der Waals surface area contributed by atoms with Crippen LogP contribution in [0.1, 0.15) is 5.69 Å². The maximum atomic E-state index is 12.6. The molecule has 4 heteroatoms. The Labute approximate surface area is 101 Å². The van der Waals surface area contributed by atoms with Crippen molar-refractivity contribution in [3.8, 4) is 5.75 Å². The molecule has 16 heavy (non-hydrogen) atoms. The molecule has 0 saturated heterocycles. The van der Waals surface area contributed by atoms with Crippen LogP contribution in [0, 0.1) is 5.82 Å². The van der Waals surface area contributed by atoms with Crippen molar-refractivity contribution in [1.82, 2.24) is 4.98 Å². The van der Waals surface area contributed by atoms with E-state index in [1.54, 1.807) is 18.3 Å². The van der Waals surface area contributed by atoms with Crippen LogP contribution in [0.2, 0.25) is 0 Å². The summed E-state index contributed by atoms with van der Waals surface area (Å²) in [4.78, 5) is 4.16. The predicted octanol–water partition coefficient (Wildman–Crippen LogP) is 3.56. The van der Waals surface area contributed by atoms with Gasteiger partial charge in [0.1, 0.15) is 18.2 Å². The summed E-state index contributed by atoms with van der Waals surface area (Å²) in [6.45, 7) is 0.354. The number of nitrogens with zero attached hydrogens (tertiary/aromatic N) is 1. The number of halogens is 2. The Bertz CT molecular complexity index is 473. The molecule has 2 rings (SSSR count). The molecule has 0 radical (unpaired) electrons. The fourth-order valence-corrected chi connectivity index (χ4v) is 1.58. The van der Waals surface area contributed by atoms with E-state index in [0.717, 1.165) is 10.2 Å². The van der Waals surface area contributed by atoms with E-state index in [1.165, 1.54) is 12.1 Å². The molecule has 1 heterocycles. The molecule has 0 aliphatic carbocycles. The van der Waals surface area contributed by atoms with Crippen LogP contribution >= 0.6 is 15.9 Å². The van der Waals surface area contributed by atoms with Gasteiger partial charge in [0, 0.05) is 10.7 Å². The van der Waals surface area contributed by atoms with Gasteiger partial charge in [-0.1, -0.05) is 0 Å². The minimum absolute atomic E-state index is 0.272. The first-order valence-electron chi connectivity index (χ1n) is 4.73. The SMILES string of the molecule is Fc1ccc(OCc2ncccc2Br)cc1. The van der Waals surface area contributed by atoms with Gasteiger partial charge in [-0.3, -0.25) is 4.98 Å². The zero-order valence-electron chi connectivity index (χ0n) is 8.36. The highest BCUT2D eigenvalue weighted by atomic mass is 79.9. The fraction of sp³-hybridized carbons (Fsp3) is 0.0833. The van der Waals surface area contributed by atoms with E-state index < -0.39 is 0 Å². The Morgan fingerprint density at radius 1 is 1.19 bits per heavy atom. The minimum Gasteiger partial charge on any atom is -0.487 e. The van der Waals surface area contributed by atoms with E-state index in [2.05, 4.69) is 20.9 Å². The second kappa shape index (κ2) is 5.07. The monoisotopic (exact) mass is 281 g/mol. The van der Waals surface area contributed by atoms with Gasteiger partial charge in [0.15, 0.2) is 0 Å². The van der Waals surface area contributed by atoms with Crippen LogP contribution in [0.3, 0.4) is 0 Å². The largest absolute Gasteiger partial charge is 0.487 e. The molecule has 0 aliphatic rings. The number of ether oxygens (including phenoxy) is 1. The van der Waals surface area contributed by atoms with Gasteiger partial charge < -0.3 is 4.74 Å². The van der Waals surface area contributed by atoms with Gasteiger partial charge in [-0.15, -0.1) is 0 Å². The molecule has 0 fully saturated rings. The van der Waals surface area contributed by atoms with Crippen molar-refractivity contribution in [3.05, 3.63) is 58.6 Å². The number of benzene rings is 1. The van der Waals surface area contributed by atoms with Crippen molar-refractivity contribution in [3.63, 3.8) is 0 Å². The Kier molecular flexibility index (Phi) is 3.51. The van der Waals surface area contributed by atoms with Crippen molar-refractivity contribution in [2.75, 3.05) is 0 Å². The molecule has 0 aliphatic heterocycles. The highest BCUT2D eigenvalue weighted by molar-refractivity contribution is 9.10. The van der Waals surface area contributed by atoms with Crippen LogP contribution in [0.5, 0.6) is 5.75 Å². The third kappa shape index (κ3) is 2.79. The predicted molar refractivity (Wildman–Crippen MR) is 62.7 cm³/mol. The standard InChI is InChI=1S/C12H9BrFNO/c13-11-2-1-7-15-12(11)8-16-10-5-3-9(14)4-6-10/h1-7H,8H2. The zero-order chi connectivity index (χ0) is 11.4. The minimum atomic E-state index is -0.272. The van der Waals surface area contributed by atoms with Gasteiger partial charge in [0.25, 0.3) is 0 Å². The second-order valence-electron chi connectivity index (χ2n) is 3.17. The summed E-state index contributed by atoms with van der Waals surface area (Å²) in [5.41, 5.74) is 0.812. The van der Waals surface area contributed by atoms with Crippen LogP contribution in [0.15, 0.2) is 47.1 Å². The van der Waals surface area contributed by atoms with Crippen molar-refractivity contribution in [1.29, 1.82) is 0 Å². The second-order valence-corrected chi connectivity index (χ2v) is 4.03. The topological polar surface area (TPSA) is 22.1 Å². The molecule has 2 aromatic rings. The van der Waals surface area contributed by atoms with Gasteiger partial charge in [0.05, 0.1) is 5.69 Å². The van der Waals surface area contributed by atoms with E-state index in [4.69, 9.17) is 4.74 Å². The molecule has 2 nitrogen and oxygen atoms in total. The Morgan fingerprint density at radius 2 is 1.94 bits per heavy atom. The number of pyridine rings is 1. The molecule has 1 aromatic heterocycles. The van der Waals surface area contributed by atoms with Crippen molar-refractivity contribution >= 4 is 15.9 Å². The van der Waals surface area contributed by atoms with Crippen molar-refractivity contribution < 1.29 is 9.13 Å². The lowest BCUT2D eigenvalue weighted by Crippen LogP contribution is -1.98. The van der Waals surface area contributed by atoms with E-state index in [1.807, 2.05) is 12.1 Å². The lowest BCUT2D eigenvalue weighted by molar-refractivity contribution is 0.300. The van der Waals surface area contributed by atoms with Crippen LogP contribution in [-0.4, -0.2) is 4.98 Å². The van der Waals surface area contributed by atoms with E-state index in [-0.39, 0.29) is 5.82 Å². The first-order valence-corrected chi connectivity index (χ1v) is 5.53.